The number of carbonyl (C=O) groups excluding carboxylic acids is 4. The molecule has 2 aromatic carbocycles. The average molecular weight is 491 g/mol. The van der Waals surface area contributed by atoms with Crippen LogP contribution in [0.15, 0.2) is 60.8 Å². The molecule has 6 N–H and O–H groups in total. The fourth-order valence-electron chi connectivity index (χ4n) is 3.79. The Morgan fingerprint density at radius 2 is 1.67 bits per heavy atom. The molecule has 0 spiro atoms. The van der Waals surface area contributed by atoms with E-state index in [1.807, 2.05) is 24.3 Å². The molecule has 0 radical (unpaired) electrons. The molecule has 1 heterocycles. The molecule has 0 saturated heterocycles. The van der Waals surface area contributed by atoms with Crippen LogP contribution in [-0.2, 0) is 25.6 Å². The molecule has 10 nitrogen and oxygen atoms in total. The Morgan fingerprint density at radius 3 is 2.39 bits per heavy atom. The number of carbonyl (C=O) groups is 4. The van der Waals surface area contributed by atoms with E-state index in [4.69, 9.17) is 5.41 Å². The molecule has 0 saturated carbocycles. The molecule has 3 amide bonds. The maximum Gasteiger partial charge on any atom is 0.246 e. The number of aromatic nitrogens is 1. The predicted octanol–water partition coefficient (Wildman–Crippen LogP) is 1.54. The lowest BCUT2D eigenvalue weighted by molar-refractivity contribution is -0.130. The van der Waals surface area contributed by atoms with E-state index >= 15 is 0 Å². The number of Topliss-reactive ketones (excluding diaryl/α,β-unsaturated/α-hetero) is 1. The first-order chi connectivity index (χ1) is 17.4. The highest BCUT2D eigenvalue weighted by molar-refractivity contribution is 6.26. The molecule has 0 unspecified atom stereocenters. The number of anilines is 1. The predicted molar refractivity (Wildman–Crippen MR) is 138 cm³/mol. The van der Waals surface area contributed by atoms with E-state index in [1.54, 1.807) is 43.6 Å². The maximum atomic E-state index is 13.4. The summed E-state index contributed by atoms with van der Waals surface area (Å²) < 4.78 is 0. The van der Waals surface area contributed by atoms with Gasteiger partial charge in [0.1, 0.15) is 12.1 Å². The number of likely N-dealkylation sites (N-methyl/N-ethyl adjacent to an activating group) is 1. The van der Waals surface area contributed by atoms with Gasteiger partial charge < -0.3 is 31.7 Å². The fraction of sp³-hybridized carbons (Fsp3) is 0.269. The molecule has 0 aliphatic heterocycles. The van der Waals surface area contributed by atoms with Gasteiger partial charge in [-0.2, -0.15) is 0 Å². The van der Waals surface area contributed by atoms with Crippen LogP contribution < -0.4 is 21.3 Å². The van der Waals surface area contributed by atoms with Crippen molar-refractivity contribution in [2.45, 2.75) is 31.3 Å². The van der Waals surface area contributed by atoms with Gasteiger partial charge in [-0.15, -0.1) is 0 Å². The van der Waals surface area contributed by atoms with Gasteiger partial charge in [-0.3, -0.25) is 19.2 Å². The lowest BCUT2D eigenvalue weighted by atomic mass is 10.0. The molecule has 10 heteroatoms. The summed E-state index contributed by atoms with van der Waals surface area (Å²) in [7, 11) is 1.62. The first kappa shape index (κ1) is 26.3. The highest BCUT2D eigenvalue weighted by atomic mass is 16.2. The smallest absolute Gasteiger partial charge is 0.246 e. The average Bonchev–Trinajstić information content (AvgIpc) is 3.29. The van der Waals surface area contributed by atoms with Crippen molar-refractivity contribution in [3.05, 3.63) is 66.4 Å². The van der Waals surface area contributed by atoms with Crippen LogP contribution in [0.1, 0.15) is 18.4 Å². The van der Waals surface area contributed by atoms with Crippen molar-refractivity contribution < 1.29 is 19.2 Å². The highest BCUT2D eigenvalue weighted by Gasteiger charge is 2.28. The van der Waals surface area contributed by atoms with Crippen LogP contribution in [0.3, 0.4) is 0 Å². The van der Waals surface area contributed by atoms with Crippen LogP contribution in [0.25, 0.3) is 10.9 Å². The molecular weight excluding hydrogens is 460 g/mol. The second-order valence-electron chi connectivity index (χ2n) is 8.28. The summed E-state index contributed by atoms with van der Waals surface area (Å²) in [6.45, 7) is 0.0173. The third-order valence-corrected chi connectivity index (χ3v) is 5.60. The summed E-state index contributed by atoms with van der Waals surface area (Å²) in [5, 5.41) is 19.0. The van der Waals surface area contributed by atoms with Crippen LogP contribution in [0.4, 0.5) is 5.69 Å². The van der Waals surface area contributed by atoms with Gasteiger partial charge in [0, 0.05) is 35.6 Å². The minimum atomic E-state index is -1.05. The molecule has 36 heavy (non-hydrogen) atoms. The first-order valence-corrected chi connectivity index (χ1v) is 11.6. The zero-order chi connectivity index (χ0) is 25.9. The third kappa shape index (κ3) is 7.34. The number of H-pyrrole nitrogens is 1. The Morgan fingerprint density at radius 1 is 0.944 bits per heavy atom. The zero-order valence-corrected chi connectivity index (χ0v) is 20.0. The van der Waals surface area contributed by atoms with Gasteiger partial charge in [-0.25, -0.2) is 0 Å². The number of benzene rings is 2. The lowest BCUT2D eigenvalue weighted by Crippen LogP contribution is -2.54. The molecule has 0 aliphatic rings. The summed E-state index contributed by atoms with van der Waals surface area (Å²) in [5.74, 6) is -1.89. The molecule has 0 bridgehead atoms. The summed E-state index contributed by atoms with van der Waals surface area (Å²) in [4.78, 5) is 53.6. The van der Waals surface area contributed by atoms with Gasteiger partial charge in [0.25, 0.3) is 0 Å². The molecule has 0 aliphatic carbocycles. The normalized spacial score (nSPS) is 12.4. The highest BCUT2D eigenvalue weighted by Crippen LogP contribution is 2.19. The number of nitrogens with one attached hydrogen (secondary N) is 6. The Labute approximate surface area is 208 Å². The van der Waals surface area contributed by atoms with Gasteiger partial charge in [-0.1, -0.05) is 36.4 Å². The quantitative estimate of drug-likeness (QED) is 0.200. The number of para-hydroxylation sites is 2. The summed E-state index contributed by atoms with van der Waals surface area (Å²) in [6.07, 6.45) is 2.58. The van der Waals surface area contributed by atoms with Crippen LogP contribution in [0, 0.1) is 5.41 Å². The van der Waals surface area contributed by atoms with Crippen molar-refractivity contribution >= 4 is 46.3 Å². The van der Waals surface area contributed by atoms with Crippen LogP contribution in [0.2, 0.25) is 0 Å². The van der Waals surface area contributed by atoms with Gasteiger partial charge in [0.05, 0.1) is 12.8 Å². The summed E-state index contributed by atoms with van der Waals surface area (Å²) >= 11 is 0. The third-order valence-electron chi connectivity index (χ3n) is 5.60. The SMILES string of the molecule is CNCC(=O)N[C@@H](Cc1c[nH]c2ccccc12)C(=O)N[C@@H](CCC(=O)C=N)C(=O)Nc1ccccc1. The summed E-state index contributed by atoms with van der Waals surface area (Å²) in [5.41, 5.74) is 2.27. The van der Waals surface area contributed by atoms with E-state index in [1.165, 1.54) is 0 Å². The molecule has 0 fully saturated rings. The van der Waals surface area contributed by atoms with Gasteiger partial charge in [-0.05, 0) is 37.2 Å². The van der Waals surface area contributed by atoms with Crippen LogP contribution in [-0.4, -0.2) is 60.4 Å². The van der Waals surface area contributed by atoms with E-state index in [0.717, 1.165) is 16.5 Å². The van der Waals surface area contributed by atoms with Crippen molar-refractivity contribution in [2.24, 2.45) is 0 Å². The zero-order valence-electron chi connectivity index (χ0n) is 20.0. The van der Waals surface area contributed by atoms with E-state index < -0.39 is 29.7 Å². The number of hydrogen-bond donors (Lipinski definition) is 6. The minimum absolute atomic E-state index is 0.00286. The largest absolute Gasteiger partial charge is 0.361 e. The Kier molecular flexibility index (Phi) is 9.47. The van der Waals surface area contributed by atoms with Crippen molar-refractivity contribution in [2.75, 3.05) is 18.9 Å². The number of amides is 3. The number of ketones is 1. The fourth-order valence-corrected chi connectivity index (χ4v) is 3.79. The molecule has 188 valence electrons. The second-order valence-corrected chi connectivity index (χ2v) is 8.28. The number of rotatable bonds is 13. The lowest BCUT2D eigenvalue weighted by Gasteiger charge is -2.23. The van der Waals surface area contributed by atoms with E-state index in [9.17, 15) is 19.2 Å². The van der Waals surface area contributed by atoms with E-state index in [0.29, 0.717) is 11.9 Å². The van der Waals surface area contributed by atoms with Crippen molar-refractivity contribution in [3.8, 4) is 0 Å². The van der Waals surface area contributed by atoms with Crippen LogP contribution in [0.5, 0.6) is 0 Å². The van der Waals surface area contributed by atoms with Crippen molar-refractivity contribution in [1.29, 1.82) is 5.41 Å². The molecular formula is C26H30N6O4. The Balaban J connectivity index is 1.80. The topological polar surface area (TPSA) is 156 Å². The maximum absolute atomic E-state index is 13.4. The minimum Gasteiger partial charge on any atom is -0.361 e. The van der Waals surface area contributed by atoms with Gasteiger partial charge in [0.2, 0.25) is 17.7 Å². The summed E-state index contributed by atoms with van der Waals surface area (Å²) in [6, 6.07) is 14.3. The molecule has 3 rings (SSSR count). The van der Waals surface area contributed by atoms with E-state index in [-0.39, 0.29) is 31.7 Å². The first-order valence-electron chi connectivity index (χ1n) is 11.6. The molecule has 2 atom stereocenters. The molecule has 1 aromatic heterocycles. The Bertz CT molecular complexity index is 1220. The number of aromatic amines is 1. The van der Waals surface area contributed by atoms with Crippen LogP contribution >= 0.6 is 0 Å². The second kappa shape index (κ2) is 13.0. The van der Waals surface area contributed by atoms with Gasteiger partial charge in [0.15, 0.2) is 5.78 Å². The van der Waals surface area contributed by atoms with Crippen molar-refractivity contribution in [1.82, 2.24) is 20.9 Å². The van der Waals surface area contributed by atoms with Gasteiger partial charge >= 0.3 is 0 Å². The number of fused-ring (bicyclic) bond motifs is 1. The standard InChI is InChI=1S/C26H30N6O4/c1-28-16-24(34)31-23(13-17-15-29-21-10-6-5-9-20(17)21)26(36)32-22(12-11-19(33)14-27)25(35)30-18-7-3-2-4-8-18/h2-10,14-15,22-23,27-29H,11-13,16H2,1H3,(H,30,35)(H,31,34)(H,32,36)/t22-,23-/m0/s1. The number of hydrogen-bond acceptors (Lipinski definition) is 6. The Hall–Kier alpha value is -4.31. The monoisotopic (exact) mass is 490 g/mol. The molecule has 3 aromatic rings. The van der Waals surface area contributed by atoms with E-state index in [2.05, 4.69) is 26.3 Å². The van der Waals surface area contributed by atoms with Crippen molar-refractivity contribution in [3.63, 3.8) is 0 Å².